The van der Waals surface area contributed by atoms with Crippen molar-refractivity contribution in [2.75, 3.05) is 7.05 Å². The van der Waals surface area contributed by atoms with Crippen LogP contribution in [0.3, 0.4) is 0 Å². The predicted octanol–water partition coefficient (Wildman–Crippen LogP) is 2.06. The smallest absolute Gasteiger partial charge is 0.146 e. The molecule has 0 aromatic carbocycles. The summed E-state index contributed by atoms with van der Waals surface area (Å²) < 4.78 is 5.76. The number of nitrogens with one attached hydrogen (secondary N) is 1. The van der Waals surface area contributed by atoms with E-state index in [-0.39, 0.29) is 12.1 Å². The molecule has 3 atom stereocenters. The highest BCUT2D eigenvalue weighted by Crippen LogP contribution is 2.34. The maximum Gasteiger partial charge on any atom is 0.146 e. The zero-order chi connectivity index (χ0) is 10.8. The predicted molar refractivity (Wildman–Crippen MR) is 59.9 cm³/mol. The molecule has 2 heterocycles. The van der Waals surface area contributed by atoms with E-state index in [1.165, 1.54) is 0 Å². The molecule has 1 aromatic rings. The summed E-state index contributed by atoms with van der Waals surface area (Å²) in [5.74, 6) is 0. The molecule has 3 unspecified atom stereocenters. The van der Waals surface area contributed by atoms with Crippen LogP contribution in [0.1, 0.15) is 48.9 Å². The molecule has 0 aliphatic carbocycles. The monoisotopic (exact) mass is 227 g/mol. The topological polar surface area (TPSA) is 47.0 Å². The Hall–Kier alpha value is -0.520. The summed E-state index contributed by atoms with van der Waals surface area (Å²) in [4.78, 5) is 0. The zero-order valence-electron chi connectivity index (χ0n) is 9.36. The summed E-state index contributed by atoms with van der Waals surface area (Å²) in [7, 11) is 1.93. The van der Waals surface area contributed by atoms with Gasteiger partial charge in [0.15, 0.2) is 0 Å². The minimum Gasteiger partial charge on any atom is -0.368 e. The lowest BCUT2D eigenvalue weighted by molar-refractivity contribution is 0.0550. The minimum absolute atomic E-state index is 0.176. The lowest BCUT2D eigenvalue weighted by Crippen LogP contribution is -2.11. The zero-order valence-corrected chi connectivity index (χ0v) is 10.2. The van der Waals surface area contributed by atoms with E-state index in [2.05, 4.69) is 29.4 Å². The van der Waals surface area contributed by atoms with Gasteiger partial charge in [0.05, 0.1) is 12.1 Å². The second kappa shape index (κ2) is 4.55. The van der Waals surface area contributed by atoms with Crippen molar-refractivity contribution in [1.29, 1.82) is 0 Å². The Morgan fingerprint density at radius 3 is 2.87 bits per heavy atom. The fourth-order valence-corrected chi connectivity index (χ4v) is 2.64. The summed E-state index contributed by atoms with van der Waals surface area (Å²) in [6, 6.07) is 0.273. The van der Waals surface area contributed by atoms with Crippen LogP contribution in [0.15, 0.2) is 0 Å². The minimum atomic E-state index is 0.176. The second-order valence-electron chi connectivity index (χ2n) is 4.00. The van der Waals surface area contributed by atoms with Gasteiger partial charge in [-0.1, -0.05) is 11.3 Å². The fourth-order valence-electron chi connectivity index (χ4n) is 1.66. The molecule has 84 valence electrons. The van der Waals surface area contributed by atoms with Gasteiger partial charge < -0.3 is 10.1 Å². The highest BCUT2D eigenvalue weighted by Gasteiger charge is 2.26. The van der Waals surface area contributed by atoms with Crippen LogP contribution in [0.4, 0.5) is 0 Å². The first-order valence-electron chi connectivity index (χ1n) is 5.36. The SMILES string of the molecule is CNC(C)c1nnc(C2CCC(C)O2)s1. The molecule has 0 radical (unpaired) electrons. The summed E-state index contributed by atoms with van der Waals surface area (Å²) in [6.07, 6.45) is 2.74. The molecule has 1 N–H and O–H groups in total. The molecule has 0 spiro atoms. The molecule has 1 aromatic heterocycles. The van der Waals surface area contributed by atoms with E-state index >= 15 is 0 Å². The molecule has 5 heteroatoms. The number of rotatable bonds is 3. The van der Waals surface area contributed by atoms with E-state index in [4.69, 9.17) is 4.74 Å². The maximum atomic E-state index is 5.76. The Kier molecular flexibility index (Phi) is 3.33. The van der Waals surface area contributed by atoms with Crippen molar-refractivity contribution in [2.45, 2.75) is 44.9 Å². The summed E-state index contributed by atoms with van der Waals surface area (Å²) in [6.45, 7) is 4.20. The summed E-state index contributed by atoms with van der Waals surface area (Å²) in [5, 5.41) is 13.6. The first kappa shape index (κ1) is 11.0. The first-order chi connectivity index (χ1) is 7.20. The molecule has 0 saturated carbocycles. The molecular formula is C10H17N3OS. The highest BCUT2D eigenvalue weighted by molar-refractivity contribution is 7.11. The number of hydrogen-bond donors (Lipinski definition) is 1. The van der Waals surface area contributed by atoms with Crippen molar-refractivity contribution < 1.29 is 4.74 Å². The number of ether oxygens (including phenoxy) is 1. The Morgan fingerprint density at radius 1 is 1.47 bits per heavy atom. The molecule has 0 amide bonds. The molecule has 1 saturated heterocycles. The third kappa shape index (κ3) is 2.35. The van der Waals surface area contributed by atoms with Gasteiger partial charge in [0.25, 0.3) is 0 Å². The van der Waals surface area contributed by atoms with Crippen LogP contribution in [0, 0.1) is 0 Å². The van der Waals surface area contributed by atoms with Crippen molar-refractivity contribution >= 4 is 11.3 Å². The van der Waals surface area contributed by atoms with Crippen LogP contribution in [0.25, 0.3) is 0 Å². The maximum absolute atomic E-state index is 5.76. The van der Waals surface area contributed by atoms with Gasteiger partial charge in [-0.25, -0.2) is 0 Å². The van der Waals surface area contributed by atoms with Crippen molar-refractivity contribution in [2.24, 2.45) is 0 Å². The quantitative estimate of drug-likeness (QED) is 0.858. The van der Waals surface area contributed by atoms with E-state index in [1.54, 1.807) is 11.3 Å². The van der Waals surface area contributed by atoms with Gasteiger partial charge in [-0.15, -0.1) is 10.2 Å². The first-order valence-corrected chi connectivity index (χ1v) is 6.18. The summed E-state index contributed by atoms with van der Waals surface area (Å²) >= 11 is 1.66. The molecule has 0 bridgehead atoms. The van der Waals surface area contributed by atoms with Crippen molar-refractivity contribution in [3.63, 3.8) is 0 Å². The van der Waals surface area contributed by atoms with Crippen LogP contribution < -0.4 is 5.32 Å². The number of nitrogens with zero attached hydrogens (tertiary/aromatic N) is 2. The third-order valence-corrected chi connectivity index (χ3v) is 3.97. The molecule has 4 nitrogen and oxygen atoms in total. The standard InChI is InChI=1S/C10H17N3OS/c1-6-4-5-8(14-6)10-13-12-9(15-10)7(2)11-3/h6-8,11H,4-5H2,1-3H3. The van der Waals surface area contributed by atoms with E-state index in [0.717, 1.165) is 22.9 Å². The average molecular weight is 227 g/mol. The van der Waals surface area contributed by atoms with Gasteiger partial charge in [-0.3, -0.25) is 0 Å². The molecule has 1 aliphatic rings. The third-order valence-electron chi connectivity index (χ3n) is 2.77. The van der Waals surface area contributed by atoms with E-state index in [9.17, 15) is 0 Å². The van der Waals surface area contributed by atoms with Gasteiger partial charge >= 0.3 is 0 Å². The lowest BCUT2D eigenvalue weighted by Gasteiger charge is -2.06. The van der Waals surface area contributed by atoms with Crippen molar-refractivity contribution in [3.8, 4) is 0 Å². The normalized spacial score (nSPS) is 28.2. The van der Waals surface area contributed by atoms with Gasteiger partial charge in [-0.2, -0.15) is 0 Å². The average Bonchev–Trinajstić information content (AvgIpc) is 2.84. The number of hydrogen-bond acceptors (Lipinski definition) is 5. The molecule has 1 fully saturated rings. The second-order valence-corrected chi connectivity index (χ2v) is 5.04. The highest BCUT2D eigenvalue weighted by atomic mass is 32.1. The number of aromatic nitrogens is 2. The fraction of sp³-hybridized carbons (Fsp3) is 0.800. The Bertz CT molecular complexity index is 328. The van der Waals surface area contributed by atoms with Crippen LogP contribution in [-0.4, -0.2) is 23.3 Å². The van der Waals surface area contributed by atoms with E-state index in [1.807, 2.05) is 7.05 Å². The molecule has 1 aliphatic heterocycles. The summed E-state index contributed by atoms with van der Waals surface area (Å²) in [5.41, 5.74) is 0. The Morgan fingerprint density at radius 2 is 2.27 bits per heavy atom. The van der Waals surface area contributed by atoms with Gasteiger partial charge in [-0.05, 0) is 33.7 Å². The lowest BCUT2D eigenvalue weighted by atomic mass is 10.2. The van der Waals surface area contributed by atoms with Crippen LogP contribution in [0.2, 0.25) is 0 Å². The molecule has 2 rings (SSSR count). The van der Waals surface area contributed by atoms with Gasteiger partial charge in [0.2, 0.25) is 0 Å². The Labute approximate surface area is 94.1 Å². The van der Waals surface area contributed by atoms with E-state index in [0.29, 0.717) is 6.10 Å². The van der Waals surface area contributed by atoms with Crippen molar-refractivity contribution in [3.05, 3.63) is 10.0 Å². The van der Waals surface area contributed by atoms with Crippen LogP contribution in [0.5, 0.6) is 0 Å². The Balaban J connectivity index is 2.07. The van der Waals surface area contributed by atoms with Gasteiger partial charge in [0, 0.05) is 0 Å². The molecular weight excluding hydrogens is 210 g/mol. The molecule has 15 heavy (non-hydrogen) atoms. The van der Waals surface area contributed by atoms with Crippen molar-refractivity contribution in [1.82, 2.24) is 15.5 Å². The largest absolute Gasteiger partial charge is 0.368 e. The van der Waals surface area contributed by atoms with Gasteiger partial charge in [0.1, 0.15) is 16.1 Å². The van der Waals surface area contributed by atoms with Crippen LogP contribution in [-0.2, 0) is 4.74 Å². The van der Waals surface area contributed by atoms with Crippen LogP contribution >= 0.6 is 11.3 Å². The van der Waals surface area contributed by atoms with E-state index < -0.39 is 0 Å².